The smallest absolute Gasteiger partial charge is 0.243 e. The molecule has 1 aromatic carbocycles. The molecule has 24 heavy (non-hydrogen) atoms. The summed E-state index contributed by atoms with van der Waals surface area (Å²) in [6.07, 6.45) is 4.50. The van der Waals surface area contributed by atoms with Crippen LogP contribution in [0.1, 0.15) is 51.3 Å². The number of para-hydroxylation sites is 1. The van der Waals surface area contributed by atoms with Crippen molar-refractivity contribution in [2.24, 2.45) is 10.8 Å². The standard InChI is InChI=1S/C20H28N2O2/c1-3-9-19-11-21-13-20(10-4-2,18(19)24)14-22(12-19)17(21)15-7-5-6-8-16(15)23/h5-8,17,23H,3-4,9-14H2,1-2H3/p+2. The number of aromatic hydroxyl groups is 1. The highest BCUT2D eigenvalue weighted by Crippen LogP contribution is 2.42. The molecule has 1 aromatic rings. The summed E-state index contributed by atoms with van der Waals surface area (Å²) >= 11 is 0. The molecule has 0 saturated carbocycles. The molecule has 130 valence electrons. The number of ketones is 1. The Balaban J connectivity index is 1.75. The SMILES string of the molecule is CCCC12C[NH+]3CC(CCC)(C[NH+](C1)C3c1ccccc1O)C2=O. The van der Waals surface area contributed by atoms with Crippen LogP contribution in [0.4, 0.5) is 0 Å². The number of rotatable bonds is 5. The van der Waals surface area contributed by atoms with E-state index in [2.05, 4.69) is 19.9 Å². The lowest BCUT2D eigenvalue weighted by Crippen LogP contribution is -3.41. The average molecular weight is 330 g/mol. The summed E-state index contributed by atoms with van der Waals surface area (Å²) in [5.41, 5.74) is 0.824. The fourth-order valence-electron chi connectivity index (χ4n) is 6.28. The van der Waals surface area contributed by atoms with Gasteiger partial charge in [0.25, 0.3) is 0 Å². The average Bonchev–Trinajstić information content (AvgIpc) is 2.53. The molecular formula is C20H30N2O2+2. The molecule has 0 atom stereocenters. The van der Waals surface area contributed by atoms with Crippen LogP contribution in [0, 0.1) is 10.8 Å². The van der Waals surface area contributed by atoms with E-state index >= 15 is 0 Å². The first-order valence-electron chi connectivity index (χ1n) is 9.57. The maximum absolute atomic E-state index is 13.4. The van der Waals surface area contributed by atoms with Gasteiger partial charge in [0.05, 0.1) is 0 Å². The monoisotopic (exact) mass is 330 g/mol. The van der Waals surface area contributed by atoms with Gasteiger partial charge in [-0.2, -0.15) is 0 Å². The molecule has 4 nitrogen and oxygen atoms in total. The molecule has 4 aliphatic rings. The minimum absolute atomic E-state index is 0.119. The second-order valence-electron chi connectivity index (χ2n) is 8.41. The van der Waals surface area contributed by atoms with E-state index in [1.165, 1.54) is 9.80 Å². The van der Waals surface area contributed by atoms with Gasteiger partial charge >= 0.3 is 0 Å². The number of hydrogen-bond acceptors (Lipinski definition) is 2. The van der Waals surface area contributed by atoms with Gasteiger partial charge in [-0.3, -0.25) is 14.6 Å². The summed E-state index contributed by atoms with van der Waals surface area (Å²) in [5.74, 6) is 0.984. The van der Waals surface area contributed by atoms with Crippen LogP contribution in [-0.4, -0.2) is 37.1 Å². The van der Waals surface area contributed by atoms with Gasteiger partial charge in [0, 0.05) is 0 Å². The summed E-state index contributed by atoms with van der Waals surface area (Å²) in [4.78, 5) is 16.5. The van der Waals surface area contributed by atoms with E-state index in [1.54, 1.807) is 6.07 Å². The van der Waals surface area contributed by atoms with Crippen LogP contribution < -0.4 is 9.80 Å². The van der Waals surface area contributed by atoms with Gasteiger partial charge in [-0.25, -0.2) is 0 Å². The van der Waals surface area contributed by atoms with E-state index in [-0.39, 0.29) is 17.0 Å². The van der Waals surface area contributed by atoms with Crippen molar-refractivity contribution >= 4 is 5.78 Å². The molecular weight excluding hydrogens is 300 g/mol. The van der Waals surface area contributed by atoms with E-state index in [0.29, 0.717) is 11.5 Å². The molecule has 3 N–H and O–H groups in total. The Kier molecular flexibility index (Phi) is 3.73. The zero-order valence-corrected chi connectivity index (χ0v) is 14.9. The molecule has 5 rings (SSSR count). The second-order valence-corrected chi connectivity index (χ2v) is 8.41. The number of Topliss-reactive ketones (excluding diaryl/α,β-unsaturated/α-hetero) is 1. The van der Waals surface area contributed by atoms with Gasteiger partial charge in [0.1, 0.15) is 48.3 Å². The third-order valence-corrected chi connectivity index (χ3v) is 6.75. The molecule has 0 unspecified atom stereocenters. The molecule has 0 aliphatic carbocycles. The third-order valence-electron chi connectivity index (χ3n) is 6.75. The van der Waals surface area contributed by atoms with Gasteiger partial charge in [0.2, 0.25) is 6.17 Å². The van der Waals surface area contributed by atoms with Crippen molar-refractivity contribution in [3.8, 4) is 5.75 Å². The fraction of sp³-hybridized carbons (Fsp3) is 0.650. The Morgan fingerprint density at radius 3 is 1.96 bits per heavy atom. The summed E-state index contributed by atoms with van der Waals surface area (Å²) in [6, 6.07) is 7.79. The van der Waals surface area contributed by atoms with E-state index in [9.17, 15) is 9.90 Å². The van der Waals surface area contributed by atoms with Gasteiger partial charge in [0.15, 0.2) is 5.78 Å². The van der Waals surface area contributed by atoms with Crippen molar-refractivity contribution < 1.29 is 19.7 Å². The molecule has 4 bridgehead atoms. The van der Waals surface area contributed by atoms with Crippen LogP contribution in [0.25, 0.3) is 0 Å². The van der Waals surface area contributed by atoms with E-state index in [4.69, 9.17) is 0 Å². The first-order chi connectivity index (χ1) is 11.6. The predicted octanol–water partition coefficient (Wildman–Crippen LogP) is 0.344. The molecule has 4 heterocycles. The highest BCUT2D eigenvalue weighted by atomic mass is 16.3. The second kappa shape index (κ2) is 5.57. The van der Waals surface area contributed by atoms with E-state index < -0.39 is 0 Å². The number of benzene rings is 1. The van der Waals surface area contributed by atoms with E-state index in [0.717, 1.165) is 57.4 Å². The lowest BCUT2D eigenvalue weighted by Gasteiger charge is -2.60. The highest BCUT2D eigenvalue weighted by Gasteiger charge is 2.70. The minimum Gasteiger partial charge on any atom is -0.507 e. The number of quaternary nitrogens is 2. The zero-order chi connectivity index (χ0) is 16.9. The van der Waals surface area contributed by atoms with E-state index in [1.807, 2.05) is 12.1 Å². The molecule has 4 heteroatoms. The van der Waals surface area contributed by atoms with Crippen LogP contribution >= 0.6 is 0 Å². The van der Waals surface area contributed by atoms with Crippen LogP contribution in [-0.2, 0) is 4.79 Å². The lowest BCUT2D eigenvalue weighted by molar-refractivity contribution is -1.18. The number of phenols is 1. The Labute approximate surface area is 144 Å². The molecule has 4 aliphatic heterocycles. The third kappa shape index (κ3) is 2.09. The van der Waals surface area contributed by atoms with Crippen molar-refractivity contribution in [2.45, 2.75) is 45.7 Å². The molecule has 0 spiro atoms. The summed E-state index contributed by atoms with van der Waals surface area (Å²) in [7, 11) is 0. The van der Waals surface area contributed by atoms with Crippen molar-refractivity contribution in [1.82, 2.24) is 0 Å². The maximum atomic E-state index is 13.4. The number of hydrogen-bond donors (Lipinski definition) is 3. The maximum Gasteiger partial charge on any atom is 0.243 e. The summed E-state index contributed by atoms with van der Waals surface area (Å²) in [6.45, 7) is 8.21. The first kappa shape index (κ1) is 16.1. The van der Waals surface area contributed by atoms with Crippen LogP contribution in [0.15, 0.2) is 24.3 Å². The molecule has 0 radical (unpaired) electrons. The Morgan fingerprint density at radius 1 is 1.00 bits per heavy atom. The van der Waals surface area contributed by atoms with Crippen LogP contribution in [0.2, 0.25) is 0 Å². The largest absolute Gasteiger partial charge is 0.507 e. The highest BCUT2D eigenvalue weighted by molar-refractivity contribution is 5.92. The van der Waals surface area contributed by atoms with Crippen LogP contribution in [0.3, 0.4) is 0 Å². The fourth-order valence-corrected chi connectivity index (χ4v) is 6.28. The molecule has 4 saturated heterocycles. The Morgan fingerprint density at radius 2 is 1.50 bits per heavy atom. The van der Waals surface area contributed by atoms with Crippen molar-refractivity contribution in [1.29, 1.82) is 0 Å². The van der Waals surface area contributed by atoms with Crippen molar-refractivity contribution in [3.05, 3.63) is 29.8 Å². The number of carbonyl (C=O) groups excluding carboxylic acids is 1. The number of phenolic OH excluding ortho intramolecular Hbond substituents is 1. The number of carbonyl (C=O) groups is 1. The Hall–Kier alpha value is -1.39. The number of nitrogens with one attached hydrogen (secondary N) is 2. The van der Waals surface area contributed by atoms with Crippen LogP contribution in [0.5, 0.6) is 5.75 Å². The lowest BCUT2D eigenvalue weighted by atomic mass is 9.57. The Bertz CT molecular complexity index is 613. The van der Waals surface area contributed by atoms with Gasteiger partial charge in [-0.15, -0.1) is 0 Å². The normalized spacial score (nSPS) is 40.2. The van der Waals surface area contributed by atoms with Crippen molar-refractivity contribution in [2.75, 3.05) is 26.2 Å². The van der Waals surface area contributed by atoms with Gasteiger partial charge < -0.3 is 5.11 Å². The minimum atomic E-state index is -0.119. The molecule has 0 aromatic heterocycles. The van der Waals surface area contributed by atoms with Gasteiger partial charge in [-0.1, -0.05) is 38.8 Å². The topological polar surface area (TPSA) is 46.2 Å². The molecule has 0 amide bonds. The summed E-state index contributed by atoms with van der Waals surface area (Å²) < 4.78 is 0. The summed E-state index contributed by atoms with van der Waals surface area (Å²) in [5, 5.41) is 10.4. The molecule has 4 fully saturated rings. The first-order valence-corrected chi connectivity index (χ1v) is 9.57. The van der Waals surface area contributed by atoms with Crippen molar-refractivity contribution in [3.63, 3.8) is 0 Å². The predicted molar refractivity (Wildman–Crippen MR) is 91.9 cm³/mol. The zero-order valence-electron chi connectivity index (χ0n) is 14.9. The van der Waals surface area contributed by atoms with Gasteiger partial charge in [-0.05, 0) is 25.0 Å². The number of piperidine rings is 2. The quantitative estimate of drug-likeness (QED) is 0.729.